The van der Waals surface area contributed by atoms with E-state index in [1.165, 1.54) is 28.4 Å². The van der Waals surface area contributed by atoms with Gasteiger partial charge in [-0.3, -0.25) is 0 Å². The number of ether oxygens (including phenoxy) is 4. The molecule has 2 aromatic carbocycles. The van der Waals surface area contributed by atoms with Crippen LogP contribution in [0.25, 0.3) is 0 Å². The van der Waals surface area contributed by atoms with Crippen LogP contribution < -0.4 is 5.32 Å². The standard InChI is InChI=1S/C37H40N2O8S2/c1-37(2)20-27(48-26(34(41)45-4)19-29(40)44-3)30-28(21-37)49-33(36(43)47-6)31(35(42)46-5)32(30)39(23-25-15-11-8-12-16-25)18-17-38-22-24-13-9-7-10-14-24/h7-16,19-21,38H,17-18,22-23H2,1-6H3/b26-19-. The second kappa shape index (κ2) is 17.2. The maximum absolute atomic E-state index is 13.8. The van der Waals surface area contributed by atoms with Gasteiger partial charge in [0.05, 0.1) is 34.1 Å². The summed E-state index contributed by atoms with van der Waals surface area (Å²) in [6.45, 7) is 5.87. The first kappa shape index (κ1) is 37.3. The van der Waals surface area contributed by atoms with Gasteiger partial charge < -0.3 is 29.2 Å². The number of methoxy groups -OCH3 is 4. The number of benzene rings is 2. The van der Waals surface area contributed by atoms with E-state index in [0.29, 0.717) is 47.3 Å². The molecular weight excluding hydrogens is 665 g/mol. The van der Waals surface area contributed by atoms with Crippen molar-refractivity contribution >= 4 is 47.4 Å². The minimum absolute atomic E-state index is 0.0176. The average Bonchev–Trinajstić information content (AvgIpc) is 3.11. The molecule has 0 radical (unpaired) electrons. The highest BCUT2D eigenvalue weighted by molar-refractivity contribution is 8.09. The molecule has 0 atom stereocenters. The molecule has 0 spiro atoms. The Morgan fingerprint density at radius 3 is 2.06 bits per heavy atom. The lowest BCUT2D eigenvalue weighted by atomic mass is 9.85. The molecule has 1 heterocycles. The van der Waals surface area contributed by atoms with Gasteiger partial charge >= 0.3 is 23.9 Å². The highest BCUT2D eigenvalue weighted by Gasteiger charge is 2.41. The van der Waals surface area contributed by atoms with Gasteiger partial charge in [-0.15, -0.1) is 0 Å². The summed E-state index contributed by atoms with van der Waals surface area (Å²) in [5.74, 6) is -2.88. The molecule has 258 valence electrons. The Hall–Kier alpha value is -4.52. The fourth-order valence-corrected chi connectivity index (χ4v) is 7.88. The molecule has 0 fully saturated rings. The first-order chi connectivity index (χ1) is 23.5. The van der Waals surface area contributed by atoms with Gasteiger partial charge in [-0.1, -0.05) is 110 Å². The minimum atomic E-state index is -0.735. The molecule has 1 aliphatic carbocycles. The highest BCUT2D eigenvalue weighted by Crippen LogP contribution is 2.54. The quantitative estimate of drug-likeness (QED) is 0.113. The Morgan fingerprint density at radius 1 is 0.837 bits per heavy atom. The third-order valence-electron chi connectivity index (χ3n) is 7.49. The maximum atomic E-state index is 13.8. The van der Waals surface area contributed by atoms with E-state index in [9.17, 15) is 19.2 Å². The number of fused-ring (bicyclic) bond motifs is 1. The molecule has 10 nitrogen and oxygen atoms in total. The van der Waals surface area contributed by atoms with E-state index in [-0.39, 0.29) is 15.4 Å². The topological polar surface area (TPSA) is 120 Å². The van der Waals surface area contributed by atoms with Crippen LogP contribution in [0.5, 0.6) is 0 Å². The highest BCUT2D eigenvalue weighted by atomic mass is 32.2. The van der Waals surface area contributed by atoms with E-state index < -0.39 is 29.3 Å². The van der Waals surface area contributed by atoms with Crippen LogP contribution in [0, 0.1) is 5.41 Å². The van der Waals surface area contributed by atoms with Gasteiger partial charge in [0.2, 0.25) is 0 Å². The molecule has 0 bridgehead atoms. The van der Waals surface area contributed by atoms with Crippen molar-refractivity contribution in [2.24, 2.45) is 5.41 Å². The molecular formula is C37H40N2O8S2. The molecule has 49 heavy (non-hydrogen) atoms. The zero-order valence-electron chi connectivity index (χ0n) is 28.4. The van der Waals surface area contributed by atoms with Crippen LogP contribution in [0.4, 0.5) is 0 Å². The largest absolute Gasteiger partial charge is 0.466 e. The summed E-state index contributed by atoms with van der Waals surface area (Å²) in [7, 11) is 4.97. The smallest absolute Gasteiger partial charge is 0.345 e. The second-order valence-corrected chi connectivity index (χ2v) is 13.7. The lowest BCUT2D eigenvalue weighted by Crippen LogP contribution is -2.36. The van der Waals surface area contributed by atoms with E-state index in [1.807, 2.05) is 91.6 Å². The maximum Gasteiger partial charge on any atom is 0.345 e. The van der Waals surface area contributed by atoms with Crippen molar-refractivity contribution in [3.05, 3.63) is 126 Å². The zero-order valence-corrected chi connectivity index (χ0v) is 30.0. The first-order valence-electron chi connectivity index (χ1n) is 15.4. The Labute approximate surface area is 295 Å². The van der Waals surface area contributed by atoms with Gasteiger partial charge in [0.25, 0.3) is 0 Å². The number of nitrogens with one attached hydrogen (secondary N) is 1. The number of hydrogen-bond acceptors (Lipinski definition) is 12. The number of rotatable bonds is 14. The van der Waals surface area contributed by atoms with Crippen LogP contribution in [0.1, 0.15) is 25.0 Å². The summed E-state index contributed by atoms with van der Waals surface area (Å²) in [6, 6.07) is 19.8. The summed E-state index contributed by atoms with van der Waals surface area (Å²) in [4.78, 5) is 55.8. The van der Waals surface area contributed by atoms with Gasteiger partial charge in [0, 0.05) is 53.1 Å². The first-order valence-corrected chi connectivity index (χ1v) is 17.0. The molecule has 0 saturated carbocycles. The number of allylic oxidation sites excluding steroid dienone is 4. The third kappa shape index (κ3) is 9.56. The fourth-order valence-electron chi connectivity index (χ4n) is 5.25. The Morgan fingerprint density at radius 2 is 1.47 bits per heavy atom. The monoisotopic (exact) mass is 704 g/mol. The van der Waals surface area contributed by atoms with Crippen LogP contribution >= 0.6 is 23.5 Å². The van der Waals surface area contributed by atoms with Crippen molar-refractivity contribution in [1.82, 2.24) is 10.2 Å². The van der Waals surface area contributed by atoms with Crippen molar-refractivity contribution < 1.29 is 38.1 Å². The SMILES string of the molecule is COC(=O)/C=C(\SC1=CC(C)(C)C=C2SC(C(=O)OC)=C(C(=O)OC)C(N(CCNCc3ccccc3)Cc3ccccc3)=C21)C(=O)OC. The third-order valence-corrected chi connectivity index (χ3v) is 9.65. The summed E-state index contributed by atoms with van der Waals surface area (Å²) < 4.78 is 20.3. The van der Waals surface area contributed by atoms with Gasteiger partial charge in [0.15, 0.2) is 0 Å². The van der Waals surface area contributed by atoms with Gasteiger partial charge in [-0.25, -0.2) is 19.2 Å². The number of esters is 4. The molecule has 4 rings (SSSR count). The van der Waals surface area contributed by atoms with Crippen LogP contribution in [0.2, 0.25) is 0 Å². The summed E-state index contributed by atoms with van der Waals surface area (Å²) in [6.07, 6.45) is 5.03. The van der Waals surface area contributed by atoms with Gasteiger partial charge in [-0.2, -0.15) is 0 Å². The molecule has 1 aliphatic heterocycles. The summed E-state index contributed by atoms with van der Waals surface area (Å²) in [5, 5.41) is 3.49. The molecule has 2 aromatic rings. The van der Waals surface area contributed by atoms with E-state index >= 15 is 0 Å². The van der Waals surface area contributed by atoms with Crippen molar-refractivity contribution in [3.8, 4) is 0 Å². The molecule has 12 heteroatoms. The molecule has 1 N–H and O–H groups in total. The Balaban J connectivity index is 1.96. The lowest BCUT2D eigenvalue weighted by molar-refractivity contribution is -0.138. The molecule has 0 unspecified atom stereocenters. The molecule has 0 amide bonds. The van der Waals surface area contributed by atoms with Crippen molar-refractivity contribution in [2.45, 2.75) is 26.9 Å². The molecule has 0 aromatic heterocycles. The van der Waals surface area contributed by atoms with Crippen molar-refractivity contribution in [1.29, 1.82) is 0 Å². The predicted molar refractivity (Wildman–Crippen MR) is 190 cm³/mol. The van der Waals surface area contributed by atoms with Crippen LogP contribution in [-0.4, -0.2) is 70.3 Å². The summed E-state index contributed by atoms with van der Waals surface area (Å²) in [5.41, 5.74) is 2.58. The number of carbonyl (C=O) groups excluding carboxylic acids is 4. The number of nitrogens with zero attached hydrogens (tertiary/aromatic N) is 1. The second-order valence-electron chi connectivity index (χ2n) is 11.5. The van der Waals surface area contributed by atoms with Crippen molar-refractivity contribution in [3.63, 3.8) is 0 Å². The van der Waals surface area contributed by atoms with Gasteiger partial charge in [0.1, 0.15) is 15.4 Å². The van der Waals surface area contributed by atoms with E-state index in [4.69, 9.17) is 18.9 Å². The number of thioether (sulfide) groups is 2. The molecule has 0 saturated heterocycles. The fraction of sp³-hybridized carbons (Fsp3) is 0.297. The number of hydrogen-bond donors (Lipinski definition) is 1. The van der Waals surface area contributed by atoms with Crippen LogP contribution in [-0.2, 0) is 51.2 Å². The van der Waals surface area contributed by atoms with E-state index in [2.05, 4.69) is 5.32 Å². The zero-order chi connectivity index (χ0) is 35.6. The number of carbonyl (C=O) groups is 4. The van der Waals surface area contributed by atoms with Crippen LogP contribution in [0.3, 0.4) is 0 Å². The minimum Gasteiger partial charge on any atom is -0.466 e. The Kier molecular flexibility index (Phi) is 13.1. The molecule has 2 aliphatic rings. The Bertz CT molecular complexity index is 1730. The van der Waals surface area contributed by atoms with Gasteiger partial charge in [-0.05, 0) is 11.1 Å². The van der Waals surface area contributed by atoms with Crippen molar-refractivity contribution in [2.75, 3.05) is 41.5 Å². The predicted octanol–water partition coefficient (Wildman–Crippen LogP) is 5.65. The van der Waals surface area contributed by atoms with Crippen LogP contribution in [0.15, 0.2) is 115 Å². The van der Waals surface area contributed by atoms with E-state index in [0.717, 1.165) is 40.7 Å². The average molecular weight is 705 g/mol. The van der Waals surface area contributed by atoms with E-state index in [1.54, 1.807) is 0 Å². The normalized spacial score (nSPS) is 15.4. The lowest BCUT2D eigenvalue weighted by Gasteiger charge is -2.38. The summed E-state index contributed by atoms with van der Waals surface area (Å²) >= 11 is 2.12.